The van der Waals surface area contributed by atoms with Crippen molar-refractivity contribution in [3.8, 4) is 5.75 Å². The third-order valence-corrected chi connectivity index (χ3v) is 1.51. The zero-order valence-corrected chi connectivity index (χ0v) is 10.3. The first-order valence-electron chi connectivity index (χ1n) is 4.32. The van der Waals surface area contributed by atoms with E-state index >= 15 is 0 Å². The maximum Gasteiger partial charge on any atom is 0.324 e. The van der Waals surface area contributed by atoms with Crippen LogP contribution in [0.3, 0.4) is 0 Å². The molecule has 1 aromatic rings. The van der Waals surface area contributed by atoms with Gasteiger partial charge < -0.3 is 9.39 Å². The van der Waals surface area contributed by atoms with Crippen molar-refractivity contribution < 1.29 is 33.6 Å². The highest BCUT2D eigenvalue weighted by molar-refractivity contribution is 7.84. The van der Waals surface area contributed by atoms with Gasteiger partial charge in [0.2, 0.25) is 0 Å². The van der Waals surface area contributed by atoms with Crippen LogP contribution in [0.5, 0.6) is 5.75 Å². The van der Waals surface area contributed by atoms with Gasteiger partial charge in [0, 0.05) is 18.4 Å². The highest BCUT2D eigenvalue weighted by atomic mass is 32.2. The van der Waals surface area contributed by atoms with Gasteiger partial charge in [0.05, 0.1) is 26.0 Å². The number of nitro groups is 2. The lowest BCUT2D eigenvalue weighted by molar-refractivity contribution is -0.636. The maximum atomic E-state index is 10.4. The average Bonchev–Trinajstić information content (AvgIpc) is 2.25. The molecule has 106 valence electrons. The lowest BCUT2D eigenvalue weighted by Crippen LogP contribution is -2.53. The Morgan fingerprint density at radius 2 is 1.68 bits per heavy atom. The summed E-state index contributed by atoms with van der Waals surface area (Å²) in [6.07, 6.45) is 0.604. The molecule has 0 radical (unpaired) electrons. The molecule has 0 heterocycles. The molecular formula is C7H9N3O8S. The van der Waals surface area contributed by atoms with Crippen molar-refractivity contribution in [3.63, 3.8) is 0 Å². The Bertz CT molecular complexity index is 576. The minimum atomic E-state index is -3.92. The fourth-order valence-corrected chi connectivity index (χ4v) is 0.884. The maximum absolute atomic E-state index is 10.4. The minimum Gasteiger partial charge on any atom is -0.748 e. The normalized spacial score (nSPS) is 10.1. The Labute approximate surface area is 106 Å². The van der Waals surface area contributed by atoms with Crippen LogP contribution in [0.15, 0.2) is 18.2 Å². The standard InChI is InChI=1S/C6H6N3O5.CH4O3S/c7-14-6-2-1-4(8(10)11)3-5(6)9(12)13;1-5(2,3)4/h1-3H,7H3;1H3,(H,2,3,4)/q+1;/p-1. The number of nitro benzene ring substituents is 2. The van der Waals surface area contributed by atoms with Gasteiger partial charge >= 0.3 is 5.69 Å². The molecule has 0 saturated carbocycles. The molecule has 11 nitrogen and oxygen atoms in total. The predicted octanol–water partition coefficient (Wildman–Crippen LogP) is -0.800. The number of rotatable bonds is 3. The van der Waals surface area contributed by atoms with E-state index in [1.54, 1.807) is 0 Å². The van der Waals surface area contributed by atoms with Crippen molar-refractivity contribution in [1.82, 2.24) is 0 Å². The van der Waals surface area contributed by atoms with Crippen LogP contribution in [0.2, 0.25) is 0 Å². The highest BCUT2D eigenvalue weighted by Gasteiger charge is 2.21. The predicted molar refractivity (Wildman–Crippen MR) is 58.9 cm³/mol. The molecule has 0 atom stereocenters. The average molecular weight is 295 g/mol. The van der Waals surface area contributed by atoms with Gasteiger partial charge in [0.1, 0.15) is 0 Å². The van der Waals surface area contributed by atoms with Crippen LogP contribution in [0, 0.1) is 20.2 Å². The van der Waals surface area contributed by atoms with E-state index in [0.717, 1.165) is 18.2 Å². The SMILES string of the molecule is CS(=O)(=O)[O-].[NH3+]Oc1ccc([N+](=O)[O-])cc1[N+](=O)[O-]. The summed E-state index contributed by atoms with van der Waals surface area (Å²) in [5, 5.41) is 20.7. The minimum absolute atomic E-state index is 0.111. The van der Waals surface area contributed by atoms with Gasteiger partial charge in [-0.15, -0.1) is 0 Å². The zero-order valence-electron chi connectivity index (χ0n) is 9.51. The Morgan fingerprint density at radius 3 is 2.00 bits per heavy atom. The van der Waals surface area contributed by atoms with Crippen LogP contribution < -0.4 is 10.7 Å². The molecule has 0 unspecified atom stereocenters. The number of quaternary nitrogens is 1. The van der Waals surface area contributed by atoms with Crippen molar-refractivity contribution in [3.05, 3.63) is 38.4 Å². The van der Waals surface area contributed by atoms with Crippen molar-refractivity contribution in [2.75, 3.05) is 6.26 Å². The Balaban J connectivity index is 0.000000555. The Kier molecular flexibility index (Phi) is 5.78. The number of nitrogens with zero attached hydrogens (tertiary/aromatic N) is 2. The molecule has 0 amide bonds. The smallest absolute Gasteiger partial charge is 0.324 e. The molecule has 0 aliphatic heterocycles. The summed E-state index contributed by atoms with van der Waals surface area (Å²) in [6.45, 7) is 0. The zero-order chi connectivity index (χ0) is 15.2. The van der Waals surface area contributed by atoms with E-state index in [2.05, 4.69) is 10.7 Å². The van der Waals surface area contributed by atoms with E-state index in [-0.39, 0.29) is 11.4 Å². The molecule has 3 N–H and O–H groups in total. The first kappa shape index (κ1) is 16.7. The van der Waals surface area contributed by atoms with Gasteiger partial charge in [-0.3, -0.25) is 20.2 Å². The van der Waals surface area contributed by atoms with Gasteiger partial charge in [-0.1, -0.05) is 0 Å². The molecule has 0 bridgehead atoms. The molecule has 19 heavy (non-hydrogen) atoms. The monoisotopic (exact) mass is 295 g/mol. The van der Waals surface area contributed by atoms with Crippen molar-refractivity contribution in [2.24, 2.45) is 0 Å². The first-order chi connectivity index (χ1) is 8.56. The van der Waals surface area contributed by atoms with Gasteiger partial charge in [-0.05, 0) is 0 Å². The molecule has 0 spiro atoms. The van der Waals surface area contributed by atoms with Crippen LogP contribution >= 0.6 is 0 Å². The summed E-state index contributed by atoms with van der Waals surface area (Å²) in [5.74, 6) is 2.89. The molecule has 12 heteroatoms. The molecule has 0 aromatic heterocycles. The van der Waals surface area contributed by atoms with Gasteiger partial charge in [-0.25, -0.2) is 8.42 Å². The molecule has 0 aliphatic rings. The second-order valence-corrected chi connectivity index (χ2v) is 4.42. The van der Waals surface area contributed by atoms with E-state index in [9.17, 15) is 20.2 Å². The molecule has 0 fully saturated rings. The summed E-state index contributed by atoms with van der Waals surface area (Å²) >= 11 is 0. The third-order valence-electron chi connectivity index (χ3n) is 1.51. The van der Waals surface area contributed by atoms with Crippen LogP contribution in [0.4, 0.5) is 11.4 Å². The molecule has 0 saturated heterocycles. The van der Waals surface area contributed by atoms with Crippen LogP contribution in [-0.2, 0) is 10.1 Å². The van der Waals surface area contributed by atoms with Crippen molar-refractivity contribution in [1.29, 1.82) is 0 Å². The Hall–Kier alpha value is -2.31. The third kappa shape index (κ3) is 6.87. The van der Waals surface area contributed by atoms with Crippen molar-refractivity contribution in [2.45, 2.75) is 0 Å². The number of hydrogen-bond acceptors (Lipinski definition) is 8. The fourth-order valence-electron chi connectivity index (χ4n) is 0.884. The summed E-state index contributed by atoms with van der Waals surface area (Å²) in [7, 11) is -3.92. The number of hydrogen-bond donors (Lipinski definition) is 1. The second-order valence-electron chi connectivity index (χ2n) is 3.01. The lowest BCUT2D eigenvalue weighted by Gasteiger charge is -1.96. The van der Waals surface area contributed by atoms with Gasteiger partial charge in [-0.2, -0.15) is 5.90 Å². The Morgan fingerprint density at radius 1 is 1.21 bits per heavy atom. The van der Waals surface area contributed by atoms with Crippen LogP contribution in [0.25, 0.3) is 0 Å². The molecule has 0 aliphatic carbocycles. The van der Waals surface area contributed by atoms with E-state index in [4.69, 9.17) is 13.0 Å². The van der Waals surface area contributed by atoms with E-state index in [1.807, 2.05) is 0 Å². The summed E-state index contributed by atoms with van der Waals surface area (Å²) in [4.78, 5) is 23.7. The second kappa shape index (κ2) is 6.58. The first-order valence-corrected chi connectivity index (χ1v) is 6.13. The van der Waals surface area contributed by atoms with Gasteiger partial charge in [0.25, 0.3) is 11.4 Å². The topological polar surface area (TPSA) is 180 Å². The number of benzene rings is 1. The van der Waals surface area contributed by atoms with E-state index < -0.39 is 25.7 Å². The van der Waals surface area contributed by atoms with Crippen LogP contribution in [-0.4, -0.2) is 29.1 Å². The molecular weight excluding hydrogens is 286 g/mol. The summed E-state index contributed by atoms with van der Waals surface area (Å²) < 4.78 is 27.2. The largest absolute Gasteiger partial charge is 0.748 e. The lowest BCUT2D eigenvalue weighted by atomic mass is 10.2. The highest BCUT2D eigenvalue weighted by Crippen LogP contribution is 2.29. The molecule has 1 rings (SSSR count). The van der Waals surface area contributed by atoms with E-state index in [0.29, 0.717) is 6.26 Å². The molecule has 1 aromatic carbocycles. The van der Waals surface area contributed by atoms with Crippen LogP contribution in [0.1, 0.15) is 0 Å². The summed E-state index contributed by atoms with van der Waals surface area (Å²) in [5.41, 5.74) is -0.841. The fraction of sp³-hybridized carbons (Fsp3) is 0.143. The van der Waals surface area contributed by atoms with Gasteiger partial charge in [0.15, 0.2) is 0 Å². The van der Waals surface area contributed by atoms with Crippen molar-refractivity contribution >= 4 is 21.5 Å². The summed E-state index contributed by atoms with van der Waals surface area (Å²) in [6, 6.07) is 3.05. The van der Waals surface area contributed by atoms with E-state index in [1.165, 1.54) is 0 Å². The number of non-ortho nitro benzene ring substituents is 1. The quantitative estimate of drug-likeness (QED) is 0.427.